The summed E-state index contributed by atoms with van der Waals surface area (Å²) in [6.45, 7) is 3.73. The Morgan fingerprint density at radius 3 is 2.82 bits per heavy atom. The molecule has 2 N–H and O–H groups in total. The molecule has 1 aromatic rings. The van der Waals surface area contributed by atoms with Crippen molar-refractivity contribution in [3.63, 3.8) is 0 Å². The number of rotatable bonds is 5. The number of hydrogen-bond acceptors (Lipinski definition) is 6. The molecule has 120 valence electrons. The van der Waals surface area contributed by atoms with E-state index in [1.807, 2.05) is 0 Å². The molecule has 0 radical (unpaired) electrons. The zero-order valence-electron chi connectivity index (χ0n) is 12.7. The van der Waals surface area contributed by atoms with Gasteiger partial charge in [-0.2, -0.15) is 0 Å². The van der Waals surface area contributed by atoms with Gasteiger partial charge in [-0.1, -0.05) is 18.2 Å². The summed E-state index contributed by atoms with van der Waals surface area (Å²) >= 11 is 0. The number of carbonyl (C=O) groups excluding carboxylic acids is 1. The Labute approximate surface area is 130 Å². The predicted molar refractivity (Wildman–Crippen MR) is 83.6 cm³/mol. The lowest BCUT2D eigenvalue weighted by molar-refractivity contribution is -0.141. The summed E-state index contributed by atoms with van der Waals surface area (Å²) in [6, 6.07) is 6.83. The molecule has 1 aromatic carbocycles. The molecule has 2 unspecified atom stereocenters. The minimum absolute atomic E-state index is 0.0519. The van der Waals surface area contributed by atoms with Gasteiger partial charge >= 0.3 is 5.97 Å². The van der Waals surface area contributed by atoms with Gasteiger partial charge in [0.15, 0.2) is 9.84 Å². The maximum atomic E-state index is 12.1. The maximum absolute atomic E-state index is 12.1. The molecule has 0 saturated heterocycles. The Morgan fingerprint density at radius 1 is 1.45 bits per heavy atom. The van der Waals surface area contributed by atoms with Gasteiger partial charge in [0.05, 0.1) is 23.7 Å². The summed E-state index contributed by atoms with van der Waals surface area (Å²) in [5.74, 6) is -0.808. The largest absolute Gasteiger partial charge is 0.466 e. The normalized spacial score (nSPS) is 21.2. The molecule has 2 atom stereocenters. The minimum Gasteiger partial charge on any atom is -0.466 e. The van der Waals surface area contributed by atoms with Crippen LogP contribution in [0.5, 0.6) is 0 Å². The Morgan fingerprint density at radius 2 is 2.14 bits per heavy atom. The first-order valence-corrected chi connectivity index (χ1v) is 8.76. The zero-order valence-corrected chi connectivity index (χ0v) is 13.5. The van der Waals surface area contributed by atoms with Crippen molar-refractivity contribution in [2.45, 2.75) is 37.2 Å². The number of hydrogen-bond donors (Lipinski definition) is 1. The van der Waals surface area contributed by atoms with Gasteiger partial charge in [0.25, 0.3) is 0 Å². The zero-order chi connectivity index (χ0) is 16.3. The molecule has 0 amide bonds. The van der Waals surface area contributed by atoms with Crippen LogP contribution in [0.4, 0.5) is 0 Å². The van der Waals surface area contributed by atoms with Crippen LogP contribution in [0.3, 0.4) is 0 Å². The third-order valence-electron chi connectivity index (χ3n) is 3.54. The summed E-state index contributed by atoms with van der Waals surface area (Å²) < 4.78 is 29.1. The summed E-state index contributed by atoms with van der Waals surface area (Å²) in [7, 11) is -3.31. The van der Waals surface area contributed by atoms with Crippen LogP contribution in [-0.4, -0.2) is 38.6 Å². The van der Waals surface area contributed by atoms with E-state index in [0.717, 1.165) is 0 Å². The summed E-state index contributed by atoms with van der Waals surface area (Å²) in [5, 5.41) is 0. The highest BCUT2D eigenvalue weighted by atomic mass is 32.2. The predicted octanol–water partition coefficient (Wildman–Crippen LogP) is 1.26. The number of aliphatic imine (C=N–C) groups is 1. The van der Waals surface area contributed by atoms with Crippen LogP contribution in [0.1, 0.15) is 31.7 Å². The molecule has 0 aliphatic carbocycles. The molecule has 0 bridgehead atoms. The first-order valence-electron chi connectivity index (χ1n) is 7.11. The summed E-state index contributed by atoms with van der Waals surface area (Å²) in [6.07, 6.45) is -0.643. The van der Waals surface area contributed by atoms with E-state index in [9.17, 15) is 13.2 Å². The third-order valence-corrected chi connectivity index (χ3v) is 5.38. The standard InChI is InChI=1S/C15H20N2O4S/c1-3-21-14(18)8-10(2)17-15(16)12-9-22(19,20)13-7-5-4-6-11(12)13/h4-7,12,15H,3,8-9,16H2,1-2H3/b17-10+. The second-order valence-corrected chi connectivity index (χ2v) is 7.27. The first kappa shape index (κ1) is 16.6. The summed E-state index contributed by atoms with van der Waals surface area (Å²) in [5.41, 5.74) is 7.29. The molecule has 0 spiro atoms. The van der Waals surface area contributed by atoms with Gasteiger partial charge in [-0.15, -0.1) is 0 Å². The van der Waals surface area contributed by atoms with Gasteiger partial charge in [-0.05, 0) is 25.5 Å². The van der Waals surface area contributed by atoms with Crippen LogP contribution >= 0.6 is 0 Å². The number of nitrogens with two attached hydrogens (primary N) is 1. The Balaban J connectivity index is 2.18. The highest BCUT2D eigenvalue weighted by Crippen LogP contribution is 2.36. The molecule has 1 aliphatic heterocycles. The van der Waals surface area contributed by atoms with Gasteiger partial charge in [0.1, 0.15) is 6.17 Å². The highest BCUT2D eigenvalue weighted by molar-refractivity contribution is 7.91. The Kier molecular flexibility index (Phi) is 4.97. The number of ether oxygens (including phenoxy) is 1. The van der Waals surface area contributed by atoms with E-state index in [0.29, 0.717) is 22.8 Å². The lowest BCUT2D eigenvalue weighted by Crippen LogP contribution is -2.29. The van der Waals surface area contributed by atoms with Crippen LogP contribution in [0, 0.1) is 0 Å². The number of esters is 1. The van der Waals surface area contributed by atoms with Crippen molar-refractivity contribution >= 4 is 21.5 Å². The van der Waals surface area contributed by atoms with E-state index >= 15 is 0 Å². The molecular weight excluding hydrogens is 304 g/mol. The number of nitrogens with zero attached hydrogens (tertiary/aromatic N) is 1. The average Bonchev–Trinajstić information content (AvgIpc) is 2.71. The van der Waals surface area contributed by atoms with Crippen molar-refractivity contribution in [3.05, 3.63) is 29.8 Å². The van der Waals surface area contributed by atoms with Crippen molar-refractivity contribution in [3.8, 4) is 0 Å². The minimum atomic E-state index is -3.31. The molecule has 0 saturated carbocycles. The lowest BCUT2D eigenvalue weighted by atomic mass is 9.99. The molecule has 7 heteroatoms. The molecule has 0 aromatic heterocycles. The monoisotopic (exact) mass is 324 g/mol. The van der Waals surface area contributed by atoms with Crippen molar-refractivity contribution in [2.24, 2.45) is 10.7 Å². The fourth-order valence-corrected chi connectivity index (χ4v) is 4.47. The Bertz CT molecular complexity index is 697. The number of sulfone groups is 1. The number of carbonyl (C=O) groups is 1. The highest BCUT2D eigenvalue weighted by Gasteiger charge is 2.37. The van der Waals surface area contributed by atoms with Crippen molar-refractivity contribution in [1.82, 2.24) is 0 Å². The second kappa shape index (κ2) is 6.58. The van der Waals surface area contributed by atoms with Crippen LogP contribution < -0.4 is 5.73 Å². The molecule has 1 heterocycles. The van der Waals surface area contributed by atoms with E-state index in [-0.39, 0.29) is 18.1 Å². The topological polar surface area (TPSA) is 98.8 Å². The van der Waals surface area contributed by atoms with E-state index in [4.69, 9.17) is 10.5 Å². The van der Waals surface area contributed by atoms with Gasteiger partial charge in [-0.3, -0.25) is 9.79 Å². The lowest BCUT2D eigenvalue weighted by Gasteiger charge is -2.16. The molecule has 6 nitrogen and oxygen atoms in total. The maximum Gasteiger partial charge on any atom is 0.311 e. The second-order valence-electron chi connectivity index (χ2n) is 5.26. The van der Waals surface area contributed by atoms with Crippen LogP contribution in [0.25, 0.3) is 0 Å². The molecule has 0 fully saturated rings. The van der Waals surface area contributed by atoms with E-state index in [2.05, 4.69) is 4.99 Å². The van der Waals surface area contributed by atoms with Gasteiger partial charge < -0.3 is 10.5 Å². The molecular formula is C15H20N2O4S. The third kappa shape index (κ3) is 3.53. The SMILES string of the molecule is CCOC(=O)C/C(C)=N/C(N)C1CS(=O)(=O)c2ccccc21. The number of benzene rings is 1. The van der Waals surface area contributed by atoms with Crippen LogP contribution in [0.2, 0.25) is 0 Å². The fourth-order valence-electron chi connectivity index (χ4n) is 2.58. The number of fused-ring (bicyclic) bond motifs is 1. The average molecular weight is 324 g/mol. The van der Waals surface area contributed by atoms with Crippen LogP contribution in [0.15, 0.2) is 34.2 Å². The molecule has 1 aliphatic rings. The van der Waals surface area contributed by atoms with Gasteiger partial charge in [0, 0.05) is 11.6 Å². The van der Waals surface area contributed by atoms with E-state index in [1.165, 1.54) is 0 Å². The quantitative estimate of drug-likeness (QED) is 0.649. The van der Waals surface area contributed by atoms with Crippen molar-refractivity contribution in [2.75, 3.05) is 12.4 Å². The Hall–Kier alpha value is -1.73. The molecule has 22 heavy (non-hydrogen) atoms. The molecule has 2 rings (SSSR count). The van der Waals surface area contributed by atoms with E-state index in [1.54, 1.807) is 38.1 Å². The fraction of sp³-hybridized carbons (Fsp3) is 0.467. The van der Waals surface area contributed by atoms with Crippen molar-refractivity contribution in [1.29, 1.82) is 0 Å². The van der Waals surface area contributed by atoms with E-state index < -0.39 is 21.9 Å². The van der Waals surface area contributed by atoms with Gasteiger partial charge in [-0.25, -0.2) is 8.42 Å². The first-order chi connectivity index (χ1) is 10.3. The smallest absolute Gasteiger partial charge is 0.311 e. The van der Waals surface area contributed by atoms with Gasteiger partial charge in [0.2, 0.25) is 0 Å². The van der Waals surface area contributed by atoms with Crippen molar-refractivity contribution < 1.29 is 17.9 Å². The summed E-state index contributed by atoms with van der Waals surface area (Å²) in [4.78, 5) is 16.0. The van der Waals surface area contributed by atoms with Crippen LogP contribution in [-0.2, 0) is 19.4 Å².